The molecule has 38 heavy (non-hydrogen) atoms. The van der Waals surface area contributed by atoms with Crippen molar-refractivity contribution in [2.45, 2.75) is 24.4 Å². The van der Waals surface area contributed by atoms with Crippen LogP contribution in [-0.4, -0.2) is 58.5 Å². The first-order valence-electron chi connectivity index (χ1n) is 11.3. The van der Waals surface area contributed by atoms with Crippen molar-refractivity contribution in [3.63, 3.8) is 0 Å². The van der Waals surface area contributed by atoms with Crippen LogP contribution >= 0.6 is 0 Å². The number of benzene rings is 2. The van der Waals surface area contributed by atoms with E-state index < -0.39 is 44.7 Å². The van der Waals surface area contributed by atoms with Crippen LogP contribution in [-0.2, 0) is 10.0 Å². The number of anilines is 1. The summed E-state index contributed by atoms with van der Waals surface area (Å²) in [6.07, 6.45) is 0.0992. The summed E-state index contributed by atoms with van der Waals surface area (Å²) in [5.41, 5.74) is 0.118. The number of nitrogens with one attached hydrogen (secondary N) is 2. The van der Waals surface area contributed by atoms with Gasteiger partial charge < -0.3 is 11.1 Å². The highest BCUT2D eigenvalue weighted by Crippen LogP contribution is 2.37. The van der Waals surface area contributed by atoms with Gasteiger partial charge in [-0.15, -0.1) is 0 Å². The van der Waals surface area contributed by atoms with Crippen LogP contribution in [0.15, 0.2) is 36.4 Å². The van der Waals surface area contributed by atoms with Gasteiger partial charge in [0.2, 0.25) is 5.91 Å². The smallest absolute Gasteiger partial charge is 0.366 e. The molecule has 4 N–H and O–H groups in total. The van der Waals surface area contributed by atoms with Crippen LogP contribution in [0.1, 0.15) is 23.2 Å². The normalized spacial score (nSPS) is 15.8. The van der Waals surface area contributed by atoms with Crippen molar-refractivity contribution in [2.24, 2.45) is 5.73 Å². The number of primary amides is 1. The minimum absolute atomic E-state index is 0.0496. The largest absolute Gasteiger partial charge is 0.511 e. The zero-order valence-electron chi connectivity index (χ0n) is 19.3. The van der Waals surface area contributed by atoms with Crippen LogP contribution in [0.4, 0.5) is 27.8 Å². The van der Waals surface area contributed by atoms with Gasteiger partial charge in [-0.1, -0.05) is 12.1 Å². The van der Waals surface area contributed by atoms with E-state index in [-0.39, 0.29) is 53.9 Å². The molecule has 0 atom stereocenters. The monoisotopic (exact) mass is 554 g/mol. The number of nitrogens with zero attached hydrogens (tertiary/aromatic N) is 3. The minimum Gasteiger partial charge on any atom is -0.366 e. The quantitative estimate of drug-likeness (QED) is 0.321. The molecule has 3 heterocycles. The first-order valence-corrected chi connectivity index (χ1v) is 12.7. The Morgan fingerprint density at radius 3 is 2.34 bits per heavy atom. The number of hydrogen-bond acceptors (Lipinski definition) is 6. The van der Waals surface area contributed by atoms with Gasteiger partial charge >= 0.3 is 15.5 Å². The van der Waals surface area contributed by atoms with E-state index >= 15 is 0 Å². The number of nitrogens with two attached hydrogens (primary N) is 1. The van der Waals surface area contributed by atoms with Gasteiger partial charge in [0, 0.05) is 35.5 Å². The number of rotatable bonds is 5. The molecule has 200 valence electrons. The summed E-state index contributed by atoms with van der Waals surface area (Å²) in [5.74, 6) is -2.37. The van der Waals surface area contributed by atoms with Gasteiger partial charge in [-0.2, -0.15) is 22.6 Å². The Balaban J connectivity index is 1.55. The van der Waals surface area contributed by atoms with Gasteiger partial charge in [0.05, 0.1) is 16.8 Å². The summed E-state index contributed by atoms with van der Waals surface area (Å²) >= 11 is 0. The molecule has 15 heteroatoms. The Bertz CT molecular complexity index is 1660. The van der Waals surface area contributed by atoms with E-state index in [9.17, 15) is 35.2 Å². The second kappa shape index (κ2) is 9.16. The van der Waals surface area contributed by atoms with Crippen molar-refractivity contribution >= 4 is 43.6 Å². The van der Waals surface area contributed by atoms with Crippen LogP contribution in [0.25, 0.3) is 33.1 Å². The van der Waals surface area contributed by atoms with Crippen molar-refractivity contribution in [2.75, 3.05) is 18.4 Å². The van der Waals surface area contributed by atoms with E-state index in [1.54, 1.807) is 0 Å². The number of sulfonamides is 1. The Hall–Kier alpha value is -3.85. The van der Waals surface area contributed by atoms with Crippen molar-refractivity contribution in [1.29, 1.82) is 0 Å². The molecule has 0 spiro atoms. The van der Waals surface area contributed by atoms with Gasteiger partial charge in [0.1, 0.15) is 17.2 Å². The Labute approximate surface area is 211 Å². The van der Waals surface area contributed by atoms with Gasteiger partial charge in [-0.3, -0.25) is 9.89 Å². The molecule has 0 radical (unpaired) electrons. The summed E-state index contributed by atoms with van der Waals surface area (Å²) in [6, 6.07) is 7.21. The number of fused-ring (bicyclic) bond motifs is 3. The molecule has 0 unspecified atom stereocenters. The zero-order chi connectivity index (χ0) is 27.4. The topological polar surface area (TPSA) is 134 Å². The summed E-state index contributed by atoms with van der Waals surface area (Å²) < 4.78 is 92.0. The molecule has 4 aromatic rings. The van der Waals surface area contributed by atoms with E-state index in [1.807, 2.05) is 0 Å². The number of amides is 1. The molecule has 1 aliphatic rings. The number of carbonyl (C=O) groups excluding carboxylic acids is 1. The Kier molecular flexibility index (Phi) is 6.22. The fourth-order valence-electron chi connectivity index (χ4n) is 4.51. The fourth-order valence-corrected chi connectivity index (χ4v) is 5.50. The molecule has 1 saturated heterocycles. The number of halogens is 5. The highest BCUT2D eigenvalue weighted by molar-refractivity contribution is 7.90. The van der Waals surface area contributed by atoms with Crippen molar-refractivity contribution in [3.05, 3.63) is 53.6 Å². The third-order valence-corrected chi connectivity index (χ3v) is 8.05. The summed E-state index contributed by atoms with van der Waals surface area (Å²) in [6.45, 7) is -0.723. The SMILES string of the molecule is NC(=O)c1ccc2c(c1)c(-c1c(F)cccc1F)nc1c(NC3CCN(S(=O)(=O)C(F)(F)F)CC3)n[nH]c12. The zero-order valence-corrected chi connectivity index (χ0v) is 20.1. The lowest BCUT2D eigenvalue weighted by Gasteiger charge is -2.31. The van der Waals surface area contributed by atoms with E-state index in [2.05, 4.69) is 20.5 Å². The summed E-state index contributed by atoms with van der Waals surface area (Å²) in [4.78, 5) is 16.2. The summed E-state index contributed by atoms with van der Waals surface area (Å²) in [5, 5.41) is 10.7. The van der Waals surface area contributed by atoms with Crippen molar-refractivity contribution in [3.8, 4) is 11.3 Å². The number of aromatic nitrogens is 3. The predicted octanol–water partition coefficient (Wildman–Crippen LogP) is 3.88. The van der Waals surface area contributed by atoms with Crippen molar-refractivity contribution in [1.82, 2.24) is 19.5 Å². The lowest BCUT2D eigenvalue weighted by atomic mass is 9.99. The van der Waals surface area contributed by atoms with E-state index in [0.717, 1.165) is 12.1 Å². The van der Waals surface area contributed by atoms with E-state index in [4.69, 9.17) is 5.73 Å². The molecule has 2 aromatic carbocycles. The highest BCUT2D eigenvalue weighted by Gasteiger charge is 2.50. The van der Waals surface area contributed by atoms with Crippen LogP contribution in [0.3, 0.4) is 0 Å². The molecule has 5 rings (SSSR count). The minimum atomic E-state index is -5.43. The molecule has 1 aliphatic heterocycles. The fraction of sp³-hybridized carbons (Fsp3) is 0.261. The van der Waals surface area contributed by atoms with Crippen LogP contribution in [0, 0.1) is 11.6 Å². The maximum atomic E-state index is 14.8. The average Bonchev–Trinajstić information content (AvgIpc) is 3.25. The lowest BCUT2D eigenvalue weighted by molar-refractivity contribution is -0.0494. The first kappa shape index (κ1) is 25.8. The third kappa shape index (κ3) is 4.30. The van der Waals surface area contributed by atoms with Gasteiger partial charge in [0.15, 0.2) is 5.82 Å². The van der Waals surface area contributed by atoms with E-state index in [0.29, 0.717) is 15.2 Å². The van der Waals surface area contributed by atoms with Crippen molar-refractivity contribution < 1.29 is 35.2 Å². The number of aromatic amines is 1. The molecule has 0 bridgehead atoms. The molecule has 1 amide bonds. The molecular weight excluding hydrogens is 535 g/mol. The lowest BCUT2D eigenvalue weighted by Crippen LogP contribution is -2.47. The molecule has 0 aliphatic carbocycles. The Morgan fingerprint density at radius 2 is 1.74 bits per heavy atom. The predicted molar refractivity (Wildman–Crippen MR) is 128 cm³/mol. The number of hydrogen-bond donors (Lipinski definition) is 3. The number of piperidine rings is 1. The molecule has 1 fully saturated rings. The van der Waals surface area contributed by atoms with E-state index in [1.165, 1.54) is 24.3 Å². The molecule has 0 saturated carbocycles. The van der Waals surface area contributed by atoms with Crippen LogP contribution in [0.2, 0.25) is 0 Å². The van der Waals surface area contributed by atoms with Gasteiger partial charge in [-0.05, 0) is 37.1 Å². The maximum absolute atomic E-state index is 14.8. The highest BCUT2D eigenvalue weighted by atomic mass is 32.2. The number of carbonyl (C=O) groups is 1. The first-order chi connectivity index (χ1) is 17.9. The average molecular weight is 555 g/mol. The van der Waals surface area contributed by atoms with Gasteiger partial charge in [0.25, 0.3) is 0 Å². The second-order valence-corrected chi connectivity index (χ2v) is 10.7. The molecular formula is C23H19F5N6O3S. The second-order valence-electron chi connectivity index (χ2n) is 8.75. The van der Waals surface area contributed by atoms with Crippen LogP contribution in [0.5, 0.6) is 0 Å². The van der Waals surface area contributed by atoms with Gasteiger partial charge in [-0.25, -0.2) is 22.2 Å². The number of alkyl halides is 3. The van der Waals surface area contributed by atoms with Crippen LogP contribution < -0.4 is 11.1 Å². The molecule has 2 aromatic heterocycles. The maximum Gasteiger partial charge on any atom is 0.511 e. The summed E-state index contributed by atoms with van der Waals surface area (Å²) in [7, 11) is -5.43. The molecule has 9 nitrogen and oxygen atoms in total. The number of H-pyrrole nitrogens is 1. The standard InChI is InChI=1S/C23H19F5N6O3S/c24-15-2-1-3-16(25)17(15)18-14-10-11(21(29)35)4-5-13(14)19-20(31-18)22(33-32-19)30-12-6-8-34(9-7-12)38(36,37)23(26,27)28/h1-5,10,12H,6-9H2,(H2,29,35)(H2,30,32,33). The Morgan fingerprint density at radius 1 is 1.08 bits per heavy atom. The number of pyridine rings is 1. The third-order valence-electron chi connectivity index (χ3n) is 6.42.